The minimum Gasteiger partial charge on any atom is -0.340 e. The number of rotatable bonds is 2. The molecule has 17 heavy (non-hydrogen) atoms. The number of para-hydroxylation sites is 1. The minimum absolute atomic E-state index is 0.427. The molecule has 2 aromatic heterocycles. The van der Waals surface area contributed by atoms with Crippen molar-refractivity contribution in [2.24, 2.45) is 0 Å². The minimum atomic E-state index is 0.427. The molecular formula is C11H11N5S. The molecule has 5 nitrogen and oxygen atoms in total. The molecule has 0 atom stereocenters. The standard InChI is InChI=1S/C11H11N5S/c12-16-10(13-14-11(16)17)7-15-6-5-8-3-1-2-4-9(8)15/h1-6H,7,12H2,(H,14,17). The number of nitrogens with zero attached hydrogens (tertiary/aromatic N) is 3. The first kappa shape index (κ1) is 10.1. The van der Waals surface area contributed by atoms with Crippen molar-refractivity contribution in [2.75, 3.05) is 5.84 Å². The normalized spacial score (nSPS) is 11.1. The summed E-state index contributed by atoms with van der Waals surface area (Å²) in [6.45, 7) is 0.594. The van der Waals surface area contributed by atoms with E-state index in [2.05, 4.69) is 33.0 Å². The van der Waals surface area contributed by atoms with Crippen molar-refractivity contribution in [1.82, 2.24) is 19.4 Å². The Balaban J connectivity index is 2.06. The molecule has 86 valence electrons. The van der Waals surface area contributed by atoms with Crippen molar-refractivity contribution in [3.05, 3.63) is 47.1 Å². The van der Waals surface area contributed by atoms with Gasteiger partial charge in [-0.05, 0) is 29.7 Å². The second-order valence-electron chi connectivity index (χ2n) is 3.82. The molecule has 3 rings (SSSR count). The van der Waals surface area contributed by atoms with Gasteiger partial charge in [-0.15, -0.1) is 0 Å². The van der Waals surface area contributed by atoms with E-state index >= 15 is 0 Å². The van der Waals surface area contributed by atoms with E-state index in [0.717, 1.165) is 5.52 Å². The lowest BCUT2D eigenvalue weighted by molar-refractivity contribution is 0.735. The maximum atomic E-state index is 5.77. The molecule has 0 radical (unpaired) electrons. The van der Waals surface area contributed by atoms with Crippen molar-refractivity contribution in [3.8, 4) is 0 Å². The summed E-state index contributed by atoms with van der Waals surface area (Å²) in [5.74, 6) is 6.47. The van der Waals surface area contributed by atoms with E-state index < -0.39 is 0 Å². The zero-order valence-electron chi connectivity index (χ0n) is 9.00. The molecule has 0 aliphatic carbocycles. The van der Waals surface area contributed by atoms with Crippen LogP contribution in [0.25, 0.3) is 10.9 Å². The molecule has 2 heterocycles. The lowest BCUT2D eigenvalue weighted by Crippen LogP contribution is -2.15. The first-order valence-electron chi connectivity index (χ1n) is 5.21. The summed E-state index contributed by atoms with van der Waals surface area (Å²) in [5, 5.41) is 7.97. The predicted octanol–water partition coefficient (Wildman–Crippen LogP) is 1.66. The van der Waals surface area contributed by atoms with Crippen molar-refractivity contribution >= 4 is 23.1 Å². The number of aromatic nitrogens is 4. The highest BCUT2D eigenvalue weighted by Crippen LogP contribution is 2.15. The van der Waals surface area contributed by atoms with Crippen LogP contribution in [0.5, 0.6) is 0 Å². The van der Waals surface area contributed by atoms with E-state index in [1.165, 1.54) is 10.1 Å². The second-order valence-corrected chi connectivity index (χ2v) is 4.20. The molecule has 3 N–H and O–H groups in total. The summed E-state index contributed by atoms with van der Waals surface area (Å²) in [5.41, 5.74) is 1.15. The van der Waals surface area contributed by atoms with Crippen LogP contribution in [0, 0.1) is 4.77 Å². The average molecular weight is 245 g/mol. The van der Waals surface area contributed by atoms with Crippen LogP contribution in [0.2, 0.25) is 0 Å². The molecule has 0 aliphatic rings. The highest BCUT2D eigenvalue weighted by molar-refractivity contribution is 7.71. The Hall–Kier alpha value is -2.08. The van der Waals surface area contributed by atoms with E-state index in [1.54, 1.807) is 0 Å². The van der Waals surface area contributed by atoms with Gasteiger partial charge in [-0.1, -0.05) is 18.2 Å². The second kappa shape index (κ2) is 3.74. The molecule has 0 spiro atoms. The maximum absolute atomic E-state index is 5.77. The van der Waals surface area contributed by atoms with E-state index in [4.69, 9.17) is 18.1 Å². The lowest BCUT2D eigenvalue weighted by Gasteiger charge is -2.04. The van der Waals surface area contributed by atoms with Crippen LogP contribution >= 0.6 is 12.2 Å². The van der Waals surface area contributed by atoms with Crippen molar-refractivity contribution in [1.29, 1.82) is 0 Å². The summed E-state index contributed by atoms with van der Waals surface area (Å²) in [7, 11) is 0. The largest absolute Gasteiger partial charge is 0.340 e. The van der Waals surface area contributed by atoms with Gasteiger partial charge in [-0.3, -0.25) is 5.10 Å². The van der Waals surface area contributed by atoms with Gasteiger partial charge in [0.25, 0.3) is 0 Å². The fourth-order valence-electron chi connectivity index (χ4n) is 1.88. The van der Waals surface area contributed by atoms with E-state index in [1.807, 2.05) is 18.3 Å². The number of H-pyrrole nitrogens is 1. The number of benzene rings is 1. The smallest absolute Gasteiger partial charge is 0.214 e. The van der Waals surface area contributed by atoms with Gasteiger partial charge in [0.15, 0.2) is 5.82 Å². The van der Waals surface area contributed by atoms with Gasteiger partial charge >= 0.3 is 0 Å². The Morgan fingerprint density at radius 2 is 2.12 bits per heavy atom. The Bertz CT molecular complexity index is 721. The number of hydrogen-bond acceptors (Lipinski definition) is 3. The monoisotopic (exact) mass is 245 g/mol. The van der Waals surface area contributed by atoms with Crippen LogP contribution < -0.4 is 5.84 Å². The summed E-state index contributed by atoms with van der Waals surface area (Å²) in [6, 6.07) is 10.2. The number of nitrogens with one attached hydrogen (secondary N) is 1. The summed E-state index contributed by atoms with van der Waals surface area (Å²) in [6.07, 6.45) is 2.02. The molecule has 6 heteroatoms. The molecule has 0 saturated heterocycles. The summed E-state index contributed by atoms with van der Waals surface area (Å²) < 4.78 is 3.91. The zero-order valence-corrected chi connectivity index (χ0v) is 9.81. The summed E-state index contributed by atoms with van der Waals surface area (Å²) >= 11 is 4.98. The molecule has 0 amide bonds. The van der Waals surface area contributed by atoms with Crippen LogP contribution in [-0.4, -0.2) is 19.4 Å². The van der Waals surface area contributed by atoms with Crippen LogP contribution in [0.1, 0.15) is 5.82 Å². The Morgan fingerprint density at radius 1 is 1.29 bits per heavy atom. The molecule has 0 unspecified atom stereocenters. The number of aromatic amines is 1. The highest BCUT2D eigenvalue weighted by atomic mass is 32.1. The molecule has 0 aliphatic heterocycles. The third-order valence-electron chi connectivity index (χ3n) is 2.77. The molecule has 0 saturated carbocycles. The van der Waals surface area contributed by atoms with E-state index in [9.17, 15) is 0 Å². The van der Waals surface area contributed by atoms with Crippen molar-refractivity contribution < 1.29 is 0 Å². The highest BCUT2D eigenvalue weighted by Gasteiger charge is 2.06. The molecule has 3 aromatic rings. The Kier molecular flexibility index (Phi) is 2.22. The lowest BCUT2D eigenvalue weighted by atomic mass is 10.2. The van der Waals surface area contributed by atoms with Gasteiger partial charge in [-0.25, -0.2) is 4.68 Å². The number of nitrogen functional groups attached to an aromatic ring is 1. The quantitative estimate of drug-likeness (QED) is 0.533. The SMILES string of the molecule is Nn1c(Cn2ccc3ccccc32)n[nH]c1=S. The van der Waals surface area contributed by atoms with Crippen LogP contribution in [0.15, 0.2) is 36.5 Å². The van der Waals surface area contributed by atoms with Gasteiger partial charge in [-0.2, -0.15) is 5.10 Å². The van der Waals surface area contributed by atoms with Gasteiger partial charge < -0.3 is 10.4 Å². The fraction of sp³-hybridized carbons (Fsp3) is 0.0909. The van der Waals surface area contributed by atoms with Crippen LogP contribution in [0.3, 0.4) is 0 Å². The third kappa shape index (κ3) is 1.62. The van der Waals surface area contributed by atoms with Crippen molar-refractivity contribution in [2.45, 2.75) is 6.54 Å². The first-order chi connectivity index (χ1) is 8.25. The van der Waals surface area contributed by atoms with Gasteiger partial charge in [0.1, 0.15) is 0 Å². The maximum Gasteiger partial charge on any atom is 0.214 e. The number of nitrogens with two attached hydrogens (primary N) is 1. The van der Waals surface area contributed by atoms with Crippen LogP contribution in [-0.2, 0) is 6.54 Å². The van der Waals surface area contributed by atoms with Crippen molar-refractivity contribution in [3.63, 3.8) is 0 Å². The molecule has 0 fully saturated rings. The Morgan fingerprint density at radius 3 is 2.88 bits per heavy atom. The summed E-state index contributed by atoms with van der Waals surface area (Å²) in [4.78, 5) is 0. The van der Waals surface area contributed by atoms with Gasteiger partial charge in [0.05, 0.1) is 6.54 Å². The number of fused-ring (bicyclic) bond motifs is 1. The average Bonchev–Trinajstić information content (AvgIpc) is 2.89. The molecular weight excluding hydrogens is 234 g/mol. The first-order valence-corrected chi connectivity index (χ1v) is 5.62. The zero-order chi connectivity index (χ0) is 11.8. The Labute approximate surface area is 102 Å². The van der Waals surface area contributed by atoms with E-state index in [-0.39, 0.29) is 0 Å². The topological polar surface area (TPSA) is 64.6 Å². The molecule has 1 aromatic carbocycles. The van der Waals surface area contributed by atoms with Gasteiger partial charge in [0, 0.05) is 11.7 Å². The van der Waals surface area contributed by atoms with Crippen LogP contribution in [0.4, 0.5) is 0 Å². The van der Waals surface area contributed by atoms with Gasteiger partial charge in [0.2, 0.25) is 4.77 Å². The van der Waals surface area contributed by atoms with E-state index in [0.29, 0.717) is 17.1 Å². The predicted molar refractivity (Wildman–Crippen MR) is 68.6 cm³/mol. The third-order valence-corrected chi connectivity index (χ3v) is 3.06. The molecule has 0 bridgehead atoms. The number of hydrogen-bond donors (Lipinski definition) is 2. The fourth-order valence-corrected chi connectivity index (χ4v) is 2.03.